The molecule has 84 valence electrons. The van der Waals surface area contributed by atoms with Gasteiger partial charge >= 0.3 is 0 Å². The number of ether oxygens (including phenoxy) is 2. The molecule has 3 rings (SSSR count). The van der Waals surface area contributed by atoms with E-state index in [9.17, 15) is 0 Å². The highest BCUT2D eigenvalue weighted by molar-refractivity contribution is 5.91. The molecule has 1 fully saturated rings. The van der Waals surface area contributed by atoms with Crippen LogP contribution in [0.25, 0.3) is 10.8 Å². The molecule has 1 saturated heterocycles. The van der Waals surface area contributed by atoms with Crippen molar-refractivity contribution in [1.29, 1.82) is 5.26 Å². The van der Waals surface area contributed by atoms with Crippen molar-refractivity contribution < 1.29 is 9.47 Å². The summed E-state index contributed by atoms with van der Waals surface area (Å²) in [7, 11) is 1.66. The molecule has 1 aliphatic rings. The first-order valence-electron chi connectivity index (χ1n) is 5.46. The normalized spacial score (nSPS) is 22.1. The second kappa shape index (κ2) is 3.76. The molecule has 2 aromatic carbocycles. The third kappa shape index (κ3) is 1.54. The maximum Gasteiger partial charge on any atom is 0.175 e. The largest absolute Gasteiger partial charge is 0.496 e. The van der Waals surface area contributed by atoms with Crippen molar-refractivity contribution in [3.63, 3.8) is 0 Å². The zero-order valence-electron chi connectivity index (χ0n) is 9.38. The summed E-state index contributed by atoms with van der Waals surface area (Å²) in [6.07, 6.45) is -0.386. The van der Waals surface area contributed by atoms with Gasteiger partial charge in [-0.25, -0.2) is 0 Å². The average molecular weight is 225 g/mol. The van der Waals surface area contributed by atoms with Gasteiger partial charge < -0.3 is 9.47 Å². The molecule has 0 radical (unpaired) electrons. The van der Waals surface area contributed by atoms with Crippen molar-refractivity contribution in [3.8, 4) is 11.8 Å². The van der Waals surface area contributed by atoms with Crippen molar-refractivity contribution in [1.82, 2.24) is 0 Å². The summed E-state index contributed by atoms with van der Waals surface area (Å²) in [5.41, 5.74) is 1.06. The minimum atomic E-state index is -0.299. The Morgan fingerprint density at radius 1 is 1.18 bits per heavy atom. The van der Waals surface area contributed by atoms with Gasteiger partial charge in [-0.3, -0.25) is 0 Å². The molecule has 1 heterocycles. The van der Waals surface area contributed by atoms with Crippen LogP contribution >= 0.6 is 0 Å². The van der Waals surface area contributed by atoms with Crippen molar-refractivity contribution in [2.45, 2.75) is 12.2 Å². The van der Waals surface area contributed by atoms with Crippen LogP contribution in [0.15, 0.2) is 36.4 Å². The number of benzene rings is 2. The minimum absolute atomic E-state index is 0.0872. The number of rotatable bonds is 2. The fourth-order valence-electron chi connectivity index (χ4n) is 2.17. The molecule has 0 bridgehead atoms. The van der Waals surface area contributed by atoms with Gasteiger partial charge in [0.1, 0.15) is 11.9 Å². The van der Waals surface area contributed by atoms with Crippen LogP contribution in [0.4, 0.5) is 0 Å². The summed E-state index contributed by atoms with van der Waals surface area (Å²) in [4.78, 5) is 0. The number of epoxide rings is 1. The smallest absolute Gasteiger partial charge is 0.175 e. The molecule has 0 aromatic heterocycles. The number of fused-ring (bicyclic) bond motifs is 1. The fourth-order valence-corrected chi connectivity index (χ4v) is 2.17. The van der Waals surface area contributed by atoms with Gasteiger partial charge in [0.25, 0.3) is 0 Å². The minimum Gasteiger partial charge on any atom is -0.496 e. The van der Waals surface area contributed by atoms with E-state index in [0.717, 1.165) is 22.1 Å². The Bertz CT molecular complexity index is 615. The fraction of sp³-hybridized carbons (Fsp3) is 0.214. The first-order valence-corrected chi connectivity index (χ1v) is 5.46. The van der Waals surface area contributed by atoms with Gasteiger partial charge in [0.15, 0.2) is 6.10 Å². The topological polar surface area (TPSA) is 45.5 Å². The quantitative estimate of drug-likeness (QED) is 0.738. The van der Waals surface area contributed by atoms with Crippen LogP contribution in [0.3, 0.4) is 0 Å². The van der Waals surface area contributed by atoms with Crippen molar-refractivity contribution >= 4 is 10.8 Å². The lowest BCUT2D eigenvalue weighted by Crippen LogP contribution is -1.91. The lowest BCUT2D eigenvalue weighted by molar-refractivity contribution is 0.396. The third-order valence-electron chi connectivity index (χ3n) is 3.06. The second-order valence-electron chi connectivity index (χ2n) is 4.01. The third-order valence-corrected chi connectivity index (χ3v) is 3.06. The highest BCUT2D eigenvalue weighted by atomic mass is 16.6. The molecule has 0 N–H and O–H groups in total. The number of methoxy groups -OCH3 is 1. The van der Waals surface area contributed by atoms with E-state index in [2.05, 4.69) is 6.07 Å². The van der Waals surface area contributed by atoms with Gasteiger partial charge in [-0.1, -0.05) is 30.3 Å². The Morgan fingerprint density at radius 3 is 2.59 bits per heavy atom. The van der Waals surface area contributed by atoms with Crippen molar-refractivity contribution in [2.75, 3.05) is 7.11 Å². The molecule has 0 saturated carbocycles. The monoisotopic (exact) mass is 225 g/mol. The number of nitrogens with zero attached hydrogens (tertiary/aromatic N) is 1. The van der Waals surface area contributed by atoms with Gasteiger partial charge in [-0.2, -0.15) is 5.26 Å². The average Bonchev–Trinajstić information content (AvgIpc) is 3.16. The summed E-state index contributed by atoms with van der Waals surface area (Å²) in [6.45, 7) is 0. The predicted octanol–water partition coefficient (Wildman–Crippen LogP) is 2.81. The van der Waals surface area contributed by atoms with Crippen LogP contribution in [0.1, 0.15) is 11.7 Å². The summed E-state index contributed by atoms with van der Waals surface area (Å²) in [5.74, 6) is 0.846. The Morgan fingerprint density at radius 2 is 1.94 bits per heavy atom. The van der Waals surface area contributed by atoms with E-state index in [1.807, 2.05) is 36.4 Å². The van der Waals surface area contributed by atoms with E-state index < -0.39 is 0 Å². The first-order chi connectivity index (χ1) is 8.35. The molecule has 2 atom stereocenters. The van der Waals surface area contributed by atoms with Gasteiger partial charge in [-0.05, 0) is 17.0 Å². The number of hydrogen-bond donors (Lipinski definition) is 0. The van der Waals surface area contributed by atoms with Crippen LogP contribution in [-0.2, 0) is 4.74 Å². The first kappa shape index (κ1) is 10.1. The van der Waals surface area contributed by atoms with Crippen LogP contribution in [0.2, 0.25) is 0 Å². The van der Waals surface area contributed by atoms with Crippen LogP contribution in [0.5, 0.6) is 5.75 Å². The molecular formula is C14H11NO2. The summed E-state index contributed by atoms with van der Waals surface area (Å²) >= 11 is 0. The molecule has 0 aliphatic carbocycles. The van der Waals surface area contributed by atoms with Gasteiger partial charge in [-0.15, -0.1) is 0 Å². The van der Waals surface area contributed by atoms with Crippen molar-refractivity contribution in [2.24, 2.45) is 0 Å². The molecule has 0 spiro atoms. The maximum absolute atomic E-state index is 8.81. The van der Waals surface area contributed by atoms with Gasteiger partial charge in [0.2, 0.25) is 0 Å². The predicted molar refractivity (Wildman–Crippen MR) is 63.7 cm³/mol. The van der Waals surface area contributed by atoms with E-state index in [0.29, 0.717) is 0 Å². The molecular weight excluding hydrogens is 214 g/mol. The van der Waals surface area contributed by atoms with E-state index >= 15 is 0 Å². The highest BCUT2D eigenvalue weighted by Crippen LogP contribution is 2.43. The molecule has 0 amide bonds. The Labute approximate surface area is 99.2 Å². The van der Waals surface area contributed by atoms with Crippen molar-refractivity contribution in [3.05, 3.63) is 42.0 Å². The zero-order chi connectivity index (χ0) is 11.8. The van der Waals surface area contributed by atoms with E-state index in [-0.39, 0.29) is 12.2 Å². The van der Waals surface area contributed by atoms with E-state index in [1.54, 1.807) is 7.11 Å². The van der Waals surface area contributed by atoms with Crippen LogP contribution in [0, 0.1) is 11.3 Å². The molecule has 1 aliphatic heterocycles. The van der Waals surface area contributed by atoms with E-state index in [1.165, 1.54) is 0 Å². The number of hydrogen-bond acceptors (Lipinski definition) is 3. The second-order valence-corrected chi connectivity index (χ2v) is 4.01. The summed E-state index contributed by atoms with van der Waals surface area (Å²) in [5, 5.41) is 11.0. The highest BCUT2D eigenvalue weighted by Gasteiger charge is 2.41. The molecule has 17 heavy (non-hydrogen) atoms. The zero-order valence-corrected chi connectivity index (χ0v) is 9.38. The summed E-state index contributed by atoms with van der Waals surface area (Å²) in [6, 6.07) is 14.0. The Hall–Kier alpha value is -2.05. The molecule has 3 heteroatoms. The van der Waals surface area contributed by atoms with Gasteiger partial charge in [0, 0.05) is 5.39 Å². The van der Waals surface area contributed by atoms with Gasteiger partial charge in [0.05, 0.1) is 13.2 Å². The Kier molecular flexibility index (Phi) is 2.24. The number of nitriles is 1. The van der Waals surface area contributed by atoms with Crippen LogP contribution in [-0.4, -0.2) is 13.2 Å². The standard InChI is InChI=1S/C14H11NO2/c1-16-12-7-6-11(14-13(8-15)17-14)9-4-2-3-5-10(9)12/h2-7,13-14H,1H3. The molecule has 2 unspecified atom stereocenters. The van der Waals surface area contributed by atoms with Crippen LogP contribution < -0.4 is 4.74 Å². The lowest BCUT2D eigenvalue weighted by atomic mass is 10.0. The lowest BCUT2D eigenvalue weighted by Gasteiger charge is -2.08. The summed E-state index contributed by atoms with van der Waals surface area (Å²) < 4.78 is 10.7. The SMILES string of the molecule is COc1ccc(C2OC2C#N)c2ccccc12. The molecule has 3 nitrogen and oxygen atoms in total. The molecule has 2 aromatic rings. The van der Waals surface area contributed by atoms with E-state index in [4.69, 9.17) is 14.7 Å². The Balaban J connectivity index is 2.18. The maximum atomic E-state index is 8.81.